The van der Waals surface area contributed by atoms with Crippen LogP contribution >= 0.6 is 0 Å². The van der Waals surface area contributed by atoms with Crippen LogP contribution in [0.25, 0.3) is 0 Å². The van der Waals surface area contributed by atoms with Crippen LogP contribution in [0.15, 0.2) is 12.1 Å². The highest BCUT2D eigenvalue weighted by atomic mass is 19.4. The number of hydrogen-bond acceptors (Lipinski definition) is 2. The Balaban J connectivity index is 3.00. The molecule has 0 fully saturated rings. The summed E-state index contributed by atoms with van der Waals surface area (Å²) in [6, 6.07) is 0.681. The Morgan fingerprint density at radius 1 is 1.24 bits per heavy atom. The summed E-state index contributed by atoms with van der Waals surface area (Å²) in [5, 5.41) is 10.1. The molecule has 0 radical (unpaired) electrons. The lowest BCUT2D eigenvalue weighted by Gasteiger charge is -2.11. The fourth-order valence-corrected chi connectivity index (χ4v) is 1.04. The van der Waals surface area contributed by atoms with Gasteiger partial charge in [-0.25, -0.2) is 13.6 Å². The summed E-state index contributed by atoms with van der Waals surface area (Å²) >= 11 is 0. The third-order valence-corrected chi connectivity index (χ3v) is 1.77. The minimum absolute atomic E-state index is 0.210. The SMILES string of the molecule is O=C(O)c1cc(NCC(F)(F)F)c(F)cc1F. The molecule has 0 unspecified atom stereocenters. The van der Waals surface area contributed by atoms with Gasteiger partial charge in [0.05, 0.1) is 11.3 Å². The van der Waals surface area contributed by atoms with E-state index in [2.05, 4.69) is 0 Å². The molecule has 0 atom stereocenters. The average Bonchev–Trinajstić information content (AvgIpc) is 2.14. The first kappa shape index (κ1) is 13.2. The fourth-order valence-electron chi connectivity index (χ4n) is 1.04. The highest BCUT2D eigenvalue weighted by Gasteiger charge is 2.27. The smallest absolute Gasteiger partial charge is 0.405 e. The summed E-state index contributed by atoms with van der Waals surface area (Å²) in [5.74, 6) is -4.35. The van der Waals surface area contributed by atoms with Gasteiger partial charge < -0.3 is 10.4 Å². The van der Waals surface area contributed by atoms with E-state index in [-0.39, 0.29) is 6.07 Å². The first-order valence-corrected chi connectivity index (χ1v) is 4.23. The summed E-state index contributed by atoms with van der Waals surface area (Å²) in [6.45, 7) is -1.55. The largest absolute Gasteiger partial charge is 0.478 e. The maximum atomic E-state index is 13.0. The van der Waals surface area contributed by atoms with Crippen LogP contribution in [0.5, 0.6) is 0 Å². The molecule has 0 aliphatic rings. The number of carboxylic acid groups (broad SMARTS) is 1. The topological polar surface area (TPSA) is 49.3 Å². The van der Waals surface area contributed by atoms with Gasteiger partial charge in [-0.3, -0.25) is 0 Å². The van der Waals surface area contributed by atoms with E-state index in [9.17, 15) is 26.7 Å². The van der Waals surface area contributed by atoms with E-state index >= 15 is 0 Å². The predicted octanol–water partition coefficient (Wildman–Crippen LogP) is 2.64. The van der Waals surface area contributed by atoms with E-state index in [4.69, 9.17) is 5.11 Å². The van der Waals surface area contributed by atoms with Gasteiger partial charge in [-0.05, 0) is 6.07 Å². The minimum Gasteiger partial charge on any atom is -0.478 e. The van der Waals surface area contributed by atoms with E-state index in [1.807, 2.05) is 0 Å². The average molecular weight is 255 g/mol. The molecule has 0 aliphatic carbocycles. The van der Waals surface area contributed by atoms with E-state index in [1.54, 1.807) is 5.32 Å². The lowest BCUT2D eigenvalue weighted by atomic mass is 10.2. The molecule has 1 rings (SSSR count). The normalized spacial score (nSPS) is 11.4. The highest BCUT2D eigenvalue weighted by Crippen LogP contribution is 2.22. The standard InChI is InChI=1S/C9H6F5NO2/c10-5-2-6(11)7(1-4(5)8(16)17)15-3-9(12,13)14/h1-2,15H,3H2,(H,16,17). The Bertz CT molecular complexity index is 444. The number of anilines is 1. The molecule has 2 N–H and O–H groups in total. The molecule has 0 heterocycles. The van der Waals surface area contributed by atoms with Gasteiger partial charge in [0.1, 0.15) is 18.2 Å². The second-order valence-corrected chi connectivity index (χ2v) is 3.09. The van der Waals surface area contributed by atoms with Crippen LogP contribution in [0, 0.1) is 11.6 Å². The summed E-state index contributed by atoms with van der Waals surface area (Å²) < 4.78 is 61.4. The number of alkyl halides is 3. The van der Waals surface area contributed by atoms with Crippen molar-refractivity contribution in [3.8, 4) is 0 Å². The zero-order valence-electron chi connectivity index (χ0n) is 8.11. The van der Waals surface area contributed by atoms with Crippen LogP contribution in [-0.4, -0.2) is 23.8 Å². The number of aromatic carboxylic acids is 1. The van der Waals surface area contributed by atoms with Crippen molar-refractivity contribution in [3.63, 3.8) is 0 Å². The Kier molecular flexibility index (Phi) is 3.54. The maximum Gasteiger partial charge on any atom is 0.405 e. The molecule has 0 amide bonds. The molecule has 17 heavy (non-hydrogen) atoms. The maximum absolute atomic E-state index is 13.0. The van der Waals surface area contributed by atoms with Crippen molar-refractivity contribution in [2.75, 3.05) is 11.9 Å². The molecule has 1 aromatic carbocycles. The predicted molar refractivity (Wildman–Crippen MR) is 47.9 cm³/mol. The molecule has 0 aromatic heterocycles. The van der Waals surface area contributed by atoms with Gasteiger partial charge in [0, 0.05) is 6.07 Å². The molecule has 0 aliphatic heterocycles. The van der Waals surface area contributed by atoms with Crippen LogP contribution in [-0.2, 0) is 0 Å². The third-order valence-electron chi connectivity index (χ3n) is 1.77. The first-order chi connectivity index (χ1) is 7.70. The first-order valence-electron chi connectivity index (χ1n) is 4.23. The number of benzene rings is 1. The van der Waals surface area contributed by atoms with Gasteiger partial charge in [0.25, 0.3) is 0 Å². The van der Waals surface area contributed by atoms with Crippen molar-refractivity contribution in [1.82, 2.24) is 0 Å². The molecular formula is C9H6F5NO2. The van der Waals surface area contributed by atoms with Crippen molar-refractivity contribution < 1.29 is 31.9 Å². The van der Waals surface area contributed by atoms with Gasteiger partial charge in [-0.2, -0.15) is 13.2 Å². The molecule has 94 valence electrons. The van der Waals surface area contributed by atoms with Crippen LogP contribution in [0.2, 0.25) is 0 Å². The number of halogens is 5. The number of carbonyl (C=O) groups is 1. The molecule has 3 nitrogen and oxygen atoms in total. The van der Waals surface area contributed by atoms with Crippen molar-refractivity contribution >= 4 is 11.7 Å². The van der Waals surface area contributed by atoms with Crippen molar-refractivity contribution in [2.24, 2.45) is 0 Å². The Morgan fingerprint density at radius 2 is 1.82 bits per heavy atom. The Morgan fingerprint density at radius 3 is 2.29 bits per heavy atom. The minimum atomic E-state index is -4.59. The van der Waals surface area contributed by atoms with Gasteiger partial charge in [-0.1, -0.05) is 0 Å². The lowest BCUT2D eigenvalue weighted by molar-refractivity contribution is -0.115. The zero-order valence-corrected chi connectivity index (χ0v) is 8.11. The summed E-state index contributed by atoms with van der Waals surface area (Å²) in [7, 11) is 0. The highest BCUT2D eigenvalue weighted by molar-refractivity contribution is 5.89. The number of hydrogen-bond donors (Lipinski definition) is 2. The third kappa shape index (κ3) is 3.58. The van der Waals surface area contributed by atoms with E-state index < -0.39 is 41.6 Å². The Labute approximate surface area is 91.9 Å². The van der Waals surface area contributed by atoms with Crippen LogP contribution in [0.4, 0.5) is 27.6 Å². The Hall–Kier alpha value is -1.86. The molecule has 8 heteroatoms. The molecular weight excluding hydrogens is 249 g/mol. The number of carboxylic acids is 1. The van der Waals surface area contributed by atoms with Gasteiger partial charge in [-0.15, -0.1) is 0 Å². The van der Waals surface area contributed by atoms with E-state index in [0.29, 0.717) is 6.07 Å². The van der Waals surface area contributed by atoms with E-state index in [1.165, 1.54) is 0 Å². The fraction of sp³-hybridized carbons (Fsp3) is 0.222. The van der Waals surface area contributed by atoms with Crippen molar-refractivity contribution in [2.45, 2.75) is 6.18 Å². The van der Waals surface area contributed by atoms with E-state index in [0.717, 1.165) is 0 Å². The van der Waals surface area contributed by atoms with Gasteiger partial charge >= 0.3 is 12.1 Å². The molecule has 0 spiro atoms. The molecule has 0 bridgehead atoms. The quantitative estimate of drug-likeness (QED) is 0.816. The summed E-state index contributed by atoms with van der Waals surface area (Å²) in [5.41, 5.74) is -1.63. The second kappa shape index (κ2) is 4.56. The number of nitrogens with one attached hydrogen (secondary N) is 1. The number of rotatable bonds is 3. The van der Waals surface area contributed by atoms with Gasteiger partial charge in [0.15, 0.2) is 0 Å². The lowest BCUT2D eigenvalue weighted by Crippen LogP contribution is -2.22. The van der Waals surface area contributed by atoms with Crippen molar-refractivity contribution in [3.05, 3.63) is 29.3 Å². The van der Waals surface area contributed by atoms with Crippen LogP contribution < -0.4 is 5.32 Å². The van der Waals surface area contributed by atoms with Crippen LogP contribution in [0.3, 0.4) is 0 Å². The monoisotopic (exact) mass is 255 g/mol. The second-order valence-electron chi connectivity index (χ2n) is 3.09. The summed E-state index contributed by atoms with van der Waals surface area (Å²) in [4.78, 5) is 10.5. The molecule has 1 aromatic rings. The summed E-state index contributed by atoms with van der Waals surface area (Å²) in [6.07, 6.45) is -4.59. The van der Waals surface area contributed by atoms with Gasteiger partial charge in [0.2, 0.25) is 0 Å². The molecule has 0 saturated heterocycles. The zero-order chi connectivity index (χ0) is 13.2. The van der Waals surface area contributed by atoms with Crippen LogP contribution in [0.1, 0.15) is 10.4 Å². The van der Waals surface area contributed by atoms with Crippen molar-refractivity contribution in [1.29, 1.82) is 0 Å². The molecule has 0 saturated carbocycles.